The molecule has 67 heavy (non-hydrogen) atoms. The molecule has 0 unspecified atom stereocenters. The summed E-state index contributed by atoms with van der Waals surface area (Å²) in [6, 6.07) is 14.2. The van der Waals surface area contributed by atoms with Crippen LogP contribution in [-0.4, -0.2) is 109 Å². The summed E-state index contributed by atoms with van der Waals surface area (Å²) in [5, 5.41) is 57.5. The van der Waals surface area contributed by atoms with Gasteiger partial charge in [0.05, 0.1) is 69.4 Å². The minimum absolute atomic E-state index is 0. The Morgan fingerprint density at radius 3 is 2.01 bits per heavy atom. The Kier molecular flexibility index (Phi) is 30.9. The number of azo groups is 2. The van der Waals surface area contributed by atoms with Gasteiger partial charge in [-0.25, -0.2) is 33.7 Å². The van der Waals surface area contributed by atoms with E-state index in [9.17, 15) is 63.2 Å². The van der Waals surface area contributed by atoms with Crippen molar-refractivity contribution in [1.82, 2.24) is 4.90 Å². The quantitative estimate of drug-likeness (QED) is 0.00909. The van der Waals surface area contributed by atoms with Crippen LogP contribution in [0.15, 0.2) is 97.0 Å². The molecule has 0 aliphatic rings. The minimum atomic E-state index is -5.10. The molecule has 0 saturated carbocycles. The van der Waals surface area contributed by atoms with E-state index in [0.717, 1.165) is 4.90 Å². The van der Waals surface area contributed by atoms with Crippen molar-refractivity contribution in [3.63, 3.8) is 0 Å². The topological polar surface area (TPSA) is 386 Å². The normalized spacial score (nSPS) is 12.0. The van der Waals surface area contributed by atoms with Crippen LogP contribution in [0.5, 0.6) is 5.75 Å². The number of phenols is 1. The number of hydrogen-bond acceptors (Lipinski definition) is 27. The molecular formula is C31H30N6Na4O20S6. The second-order valence-corrected chi connectivity index (χ2v) is 20.2. The molecule has 0 saturated heterocycles. The summed E-state index contributed by atoms with van der Waals surface area (Å²) in [5.74, 6) is -4.27. The van der Waals surface area contributed by atoms with Crippen molar-refractivity contribution < 1.29 is 209 Å². The summed E-state index contributed by atoms with van der Waals surface area (Å²) >= 11 is 0.389. The fourth-order valence-corrected chi connectivity index (χ4v) is 8.67. The number of carbonyl (C=O) groups is 1. The van der Waals surface area contributed by atoms with E-state index in [1.165, 1.54) is 73.8 Å². The van der Waals surface area contributed by atoms with Gasteiger partial charge in [0.25, 0.3) is 5.91 Å². The maximum atomic E-state index is 13.1. The maximum Gasteiger partial charge on any atom is 1.00 e. The number of benzene rings is 4. The summed E-state index contributed by atoms with van der Waals surface area (Å²) in [4.78, 5) is 13.9. The first-order valence-electron chi connectivity index (χ1n) is 16.8. The standard InChI is InChI=1S/C31H34N6O20S6.4Na/c1-37(11-14-60(42,43)15-13-53-63(49,50)51)31(39)20-3-2-4-22(17-20)34-36-29-27(58-56-54-40)18-25-24(30(29)38)9-10-26(32-19-62(46,47)48)28(25)35-33-21-5-7-23(8-6-21)61(44,45)16-12-52-59-57-55-41;;;;/h2-10,17-18,32,38,40-41H,11-16,19H2,1H3,(H,46,47,48)(H,49,50,51);;;;/q;4*+1/p-4. The number of sulfone groups is 2. The largest absolute Gasteiger partial charge is 1.00 e. The summed E-state index contributed by atoms with van der Waals surface area (Å²) < 4.78 is 133. The van der Waals surface area contributed by atoms with Crippen LogP contribution in [0.2, 0.25) is 0 Å². The van der Waals surface area contributed by atoms with E-state index < -0.39 is 81.6 Å². The average Bonchev–Trinajstić information content (AvgIpc) is 3.22. The number of nitrogens with zero attached hydrogens (tertiary/aromatic N) is 5. The number of hydrogen-bond donors (Lipinski definition) is 2. The first-order valence-corrected chi connectivity index (χ1v) is 24.6. The number of nitrogens with one attached hydrogen (secondary N) is 1. The van der Waals surface area contributed by atoms with E-state index >= 15 is 0 Å². The number of carbonyl (C=O) groups excluding carboxylic acids is 1. The van der Waals surface area contributed by atoms with Crippen molar-refractivity contribution in [2.75, 3.05) is 55.3 Å². The third-order valence-electron chi connectivity index (χ3n) is 7.86. The van der Waals surface area contributed by atoms with Crippen molar-refractivity contribution in [2.24, 2.45) is 20.5 Å². The first-order chi connectivity index (χ1) is 29.6. The molecule has 0 spiro atoms. The van der Waals surface area contributed by atoms with Gasteiger partial charge in [0.1, 0.15) is 27.4 Å². The predicted molar refractivity (Wildman–Crippen MR) is 212 cm³/mol. The van der Waals surface area contributed by atoms with E-state index in [1.807, 2.05) is 0 Å². The Morgan fingerprint density at radius 2 is 1.39 bits per heavy atom. The number of amides is 1. The van der Waals surface area contributed by atoms with Gasteiger partial charge >= 0.3 is 118 Å². The second-order valence-electron chi connectivity index (χ2n) is 12.1. The van der Waals surface area contributed by atoms with Crippen LogP contribution >= 0.6 is 24.4 Å². The van der Waals surface area contributed by atoms with Crippen LogP contribution in [-0.2, 0) is 67.3 Å². The first kappa shape index (κ1) is 66.5. The van der Waals surface area contributed by atoms with Crippen molar-refractivity contribution in [2.45, 2.75) is 9.79 Å². The van der Waals surface area contributed by atoms with Gasteiger partial charge in [0, 0.05) is 29.9 Å². The van der Waals surface area contributed by atoms with Crippen molar-refractivity contribution in [3.05, 3.63) is 72.3 Å². The number of rotatable bonds is 25. The molecule has 0 aliphatic carbocycles. The molecule has 4 aromatic carbocycles. The van der Waals surface area contributed by atoms with Gasteiger partial charge in [-0.2, -0.15) is 14.6 Å². The van der Waals surface area contributed by atoms with Crippen LogP contribution in [0, 0.1) is 0 Å². The van der Waals surface area contributed by atoms with Crippen molar-refractivity contribution in [3.8, 4) is 5.75 Å². The van der Waals surface area contributed by atoms with Gasteiger partial charge in [0.15, 0.2) is 37.7 Å². The minimum Gasteiger partial charge on any atom is -0.747 e. The smallest absolute Gasteiger partial charge is 0.747 e. The zero-order chi connectivity index (χ0) is 46.4. The number of anilines is 1. The van der Waals surface area contributed by atoms with Crippen LogP contribution in [0.4, 0.5) is 28.4 Å². The van der Waals surface area contributed by atoms with Crippen molar-refractivity contribution >= 4 is 110 Å². The Labute approximate surface area is 480 Å². The summed E-state index contributed by atoms with van der Waals surface area (Å²) in [5.41, 5.74) is -0.464. The van der Waals surface area contributed by atoms with Gasteiger partial charge < -0.3 is 34.9 Å². The SMILES string of the molecule is CN(CCS(=O)(=O)CCOS(=O)(=O)[O-])C(=O)c1cccc(N=Nc2c(SOO[O-])cc3c(N=Nc4ccc(S(=O)(=O)CCOSOO[O-])cc4)c(NCS(=O)(=O)[O-])ccc3c2O)c1.[Na+].[Na+].[Na+].[Na+]. The molecule has 0 bridgehead atoms. The van der Waals surface area contributed by atoms with Gasteiger partial charge in [-0.15, -0.1) is 14.6 Å². The molecule has 4 rings (SSSR count). The molecule has 344 valence electrons. The van der Waals surface area contributed by atoms with Crippen molar-refractivity contribution in [1.29, 1.82) is 0 Å². The molecule has 0 aliphatic heterocycles. The molecule has 26 nitrogen and oxygen atoms in total. The van der Waals surface area contributed by atoms with Crippen LogP contribution < -0.4 is 134 Å². The summed E-state index contributed by atoms with van der Waals surface area (Å²) in [6.45, 7) is -1.60. The van der Waals surface area contributed by atoms with E-state index in [4.69, 9.17) is 4.18 Å². The van der Waals surface area contributed by atoms with Gasteiger partial charge in [0.2, 0.25) is 10.4 Å². The predicted octanol–water partition coefficient (Wildman–Crippen LogP) is -9.92. The molecule has 0 heterocycles. The van der Waals surface area contributed by atoms with E-state index in [0.29, 0.717) is 0 Å². The van der Waals surface area contributed by atoms with Gasteiger partial charge in [-0.05, 0) is 60.7 Å². The fourth-order valence-electron chi connectivity index (χ4n) is 4.96. The second kappa shape index (κ2) is 31.2. The van der Waals surface area contributed by atoms with Crippen LogP contribution in [0.25, 0.3) is 10.8 Å². The molecule has 0 fully saturated rings. The number of phenolic OH excluding ortho intramolecular Hbond substituents is 1. The monoisotopic (exact) mass is 1090 g/mol. The Morgan fingerprint density at radius 1 is 0.746 bits per heavy atom. The molecule has 1 amide bonds. The van der Waals surface area contributed by atoms with E-state index in [1.54, 1.807) is 0 Å². The number of aromatic hydroxyl groups is 1. The summed E-state index contributed by atoms with van der Waals surface area (Å²) in [6.07, 6.45) is 0. The molecule has 4 aromatic rings. The molecule has 0 radical (unpaired) electrons. The van der Waals surface area contributed by atoms with Crippen LogP contribution in [0.1, 0.15) is 10.4 Å². The van der Waals surface area contributed by atoms with Gasteiger partial charge in [-0.3, -0.25) is 23.2 Å². The molecule has 2 N–H and O–H groups in total. The molecule has 0 aromatic heterocycles. The fraction of sp³-hybridized carbons (Fsp3) is 0.258. The van der Waals surface area contributed by atoms with E-state index in [-0.39, 0.29) is 210 Å². The molecule has 36 heteroatoms. The zero-order valence-corrected chi connectivity index (χ0v) is 48.6. The third-order valence-corrected chi connectivity index (χ3v) is 13.1. The van der Waals surface area contributed by atoms with Gasteiger partial charge in [-0.1, -0.05) is 6.07 Å². The molecule has 0 atom stereocenters. The Balaban J connectivity index is 0.0000109. The van der Waals surface area contributed by atoms with E-state index in [2.05, 4.69) is 48.7 Å². The Bertz CT molecular complexity index is 2780. The molecular weight excluding hydrogens is 1060 g/mol. The summed E-state index contributed by atoms with van der Waals surface area (Å²) in [7, 11) is -16.5. The van der Waals surface area contributed by atoms with Crippen LogP contribution in [0.3, 0.4) is 0 Å². The zero-order valence-electron chi connectivity index (χ0n) is 35.7. The third kappa shape index (κ3) is 22.4. The Hall–Kier alpha value is -0.490. The average molecular weight is 1090 g/mol. The number of fused-ring (bicyclic) bond motifs is 1. The maximum absolute atomic E-state index is 13.1.